The second kappa shape index (κ2) is 15.2. The van der Waals surface area contributed by atoms with Crippen molar-refractivity contribution >= 4 is 44.7 Å². The zero-order valence-electron chi connectivity index (χ0n) is 27.2. The smallest absolute Gasteiger partial charge is 0.148 e. The van der Waals surface area contributed by atoms with E-state index in [1.54, 1.807) is 0 Å². The Balaban J connectivity index is 0.000000181. The third-order valence-electron chi connectivity index (χ3n) is 8.13. The second-order valence-electron chi connectivity index (χ2n) is 12.2. The van der Waals surface area contributed by atoms with Gasteiger partial charge in [-0.25, -0.2) is 0 Å². The molecule has 1 aromatic heterocycles. The third-order valence-corrected chi connectivity index (χ3v) is 11.2. The quantitative estimate of drug-likeness (QED) is 0.124. The number of aryl methyl sites for hydroxylation is 2. The van der Waals surface area contributed by atoms with E-state index < -0.39 is 7.14 Å². The van der Waals surface area contributed by atoms with E-state index in [0.29, 0.717) is 5.92 Å². The van der Waals surface area contributed by atoms with E-state index in [2.05, 4.69) is 82.3 Å². The van der Waals surface area contributed by atoms with Crippen LogP contribution in [0.5, 0.6) is 0 Å². The molecule has 7 rings (SSSR count). The molecule has 6 aromatic carbocycles. The standard InChI is InChI=1S/C22H16OP.C21H22N.Ir/c23-24(19-12-3-1-4-13-19,20-14-5-2-6-15-20)22-17-9-11-18-10-7-8-16-21(18)22;1-14(2)10-17-6-5-7-21-19(17)8-9-20(22-21)18-12-15(3)11-16(4)13-18;/h1-16H;5-9,11-12,14H,10H2,1-4H3;/q2*-1;. The minimum absolute atomic E-state index is 0. The van der Waals surface area contributed by atoms with Gasteiger partial charge in [0.15, 0.2) is 0 Å². The van der Waals surface area contributed by atoms with Gasteiger partial charge in [-0.15, -0.1) is 51.7 Å². The van der Waals surface area contributed by atoms with Crippen molar-refractivity contribution in [3.63, 3.8) is 0 Å². The first-order valence-electron chi connectivity index (χ1n) is 15.8. The Kier molecular flexibility index (Phi) is 11.1. The van der Waals surface area contributed by atoms with Crippen molar-refractivity contribution < 1.29 is 24.7 Å². The molecule has 0 saturated carbocycles. The molecule has 0 saturated heterocycles. The van der Waals surface area contributed by atoms with Crippen molar-refractivity contribution in [3.05, 3.63) is 168 Å². The van der Waals surface area contributed by atoms with E-state index >= 15 is 0 Å². The van der Waals surface area contributed by atoms with E-state index in [-0.39, 0.29) is 20.1 Å². The van der Waals surface area contributed by atoms with Crippen LogP contribution < -0.4 is 15.9 Å². The zero-order valence-corrected chi connectivity index (χ0v) is 30.5. The second-order valence-corrected chi connectivity index (χ2v) is 14.9. The molecule has 237 valence electrons. The van der Waals surface area contributed by atoms with Gasteiger partial charge in [0.2, 0.25) is 0 Å². The van der Waals surface area contributed by atoms with Crippen molar-refractivity contribution in [2.45, 2.75) is 34.1 Å². The zero-order chi connectivity index (χ0) is 32.1. The Bertz CT molecular complexity index is 2090. The van der Waals surface area contributed by atoms with Crippen LogP contribution in [0.2, 0.25) is 0 Å². The van der Waals surface area contributed by atoms with Crippen molar-refractivity contribution in [3.8, 4) is 11.3 Å². The van der Waals surface area contributed by atoms with Crippen LogP contribution in [0.15, 0.2) is 140 Å². The molecule has 0 amide bonds. The fraction of sp³-hybridized carbons (Fsp3) is 0.140. The summed E-state index contributed by atoms with van der Waals surface area (Å²) in [6.07, 6.45) is 1.09. The number of rotatable bonds is 6. The first-order valence-corrected chi connectivity index (χ1v) is 17.5. The molecule has 0 spiro atoms. The molecule has 47 heavy (non-hydrogen) atoms. The fourth-order valence-electron chi connectivity index (χ4n) is 6.11. The van der Waals surface area contributed by atoms with Crippen LogP contribution in [0.25, 0.3) is 32.9 Å². The summed E-state index contributed by atoms with van der Waals surface area (Å²) in [4.78, 5) is 4.86. The number of pyridine rings is 1. The first-order chi connectivity index (χ1) is 22.3. The minimum atomic E-state index is -2.98. The average Bonchev–Trinajstić information content (AvgIpc) is 3.08. The Hall–Kier alpha value is -4.13. The molecule has 0 unspecified atom stereocenters. The van der Waals surface area contributed by atoms with E-state index in [0.717, 1.165) is 55.4 Å². The van der Waals surface area contributed by atoms with Crippen LogP contribution in [0.4, 0.5) is 0 Å². The van der Waals surface area contributed by atoms with Crippen molar-refractivity contribution in [1.29, 1.82) is 0 Å². The van der Waals surface area contributed by atoms with E-state index in [9.17, 15) is 4.57 Å². The molecule has 0 aliphatic rings. The van der Waals surface area contributed by atoms with Crippen molar-refractivity contribution in [2.75, 3.05) is 0 Å². The predicted octanol–water partition coefficient (Wildman–Crippen LogP) is 9.79. The number of fused-ring (bicyclic) bond motifs is 2. The SMILES string of the molecule is Cc1[c-]c(-c2ccc3c(CC(C)C)cccc3n2)cc(C)c1.O=P(c1ccccc1)(c1ccccc1)c1[c-]ccc2ccccc12.[Ir]. The Labute approximate surface area is 292 Å². The summed E-state index contributed by atoms with van der Waals surface area (Å²) in [5, 5.41) is 5.80. The normalized spacial score (nSPS) is 11.2. The summed E-state index contributed by atoms with van der Waals surface area (Å²) in [6.45, 7) is 8.71. The number of hydrogen-bond donors (Lipinski definition) is 0. The summed E-state index contributed by atoms with van der Waals surface area (Å²) in [6, 6.07) is 53.2. The third kappa shape index (κ3) is 7.55. The summed E-state index contributed by atoms with van der Waals surface area (Å²) in [5.41, 5.74) is 6.95. The molecule has 0 N–H and O–H groups in total. The molecule has 0 aliphatic heterocycles. The van der Waals surface area contributed by atoms with E-state index in [1.165, 1.54) is 16.5 Å². The number of benzene rings is 6. The maximum atomic E-state index is 14.4. The maximum absolute atomic E-state index is 14.4. The summed E-state index contributed by atoms with van der Waals surface area (Å²) in [7, 11) is -2.98. The van der Waals surface area contributed by atoms with Gasteiger partial charge in [0.05, 0.1) is 5.52 Å². The van der Waals surface area contributed by atoms with Crippen LogP contribution in [0.3, 0.4) is 0 Å². The molecular weight excluding hydrogens is 770 g/mol. The minimum Gasteiger partial charge on any atom is -0.311 e. The van der Waals surface area contributed by atoms with Crippen LogP contribution in [-0.2, 0) is 31.1 Å². The molecule has 0 atom stereocenters. The number of hydrogen-bond acceptors (Lipinski definition) is 2. The predicted molar refractivity (Wildman–Crippen MR) is 196 cm³/mol. The molecule has 4 heteroatoms. The Morgan fingerprint density at radius 1 is 0.702 bits per heavy atom. The largest absolute Gasteiger partial charge is 0.311 e. The van der Waals surface area contributed by atoms with Gasteiger partial charge in [0.1, 0.15) is 7.14 Å². The van der Waals surface area contributed by atoms with E-state index in [1.807, 2.05) is 97.1 Å². The summed E-state index contributed by atoms with van der Waals surface area (Å²) >= 11 is 0. The van der Waals surface area contributed by atoms with Crippen LogP contribution in [0.1, 0.15) is 30.5 Å². The molecule has 2 nitrogen and oxygen atoms in total. The summed E-state index contributed by atoms with van der Waals surface area (Å²) in [5.74, 6) is 0.651. The van der Waals surface area contributed by atoms with Gasteiger partial charge >= 0.3 is 0 Å². The molecule has 1 radical (unpaired) electrons. The Morgan fingerprint density at radius 3 is 2.02 bits per heavy atom. The van der Waals surface area contributed by atoms with Crippen molar-refractivity contribution in [2.24, 2.45) is 5.92 Å². The van der Waals surface area contributed by atoms with Gasteiger partial charge in [-0.1, -0.05) is 136 Å². The topological polar surface area (TPSA) is 30.0 Å². The fourth-order valence-corrected chi connectivity index (χ4v) is 8.91. The van der Waals surface area contributed by atoms with Gasteiger partial charge in [-0.05, 0) is 29.7 Å². The van der Waals surface area contributed by atoms with Gasteiger partial charge in [0, 0.05) is 36.1 Å². The average molecular weight is 808 g/mol. The van der Waals surface area contributed by atoms with Gasteiger partial charge in [-0.2, -0.15) is 18.2 Å². The van der Waals surface area contributed by atoms with Crippen molar-refractivity contribution in [1.82, 2.24) is 4.98 Å². The first kappa shape index (κ1) is 34.2. The number of nitrogens with zero attached hydrogens (tertiary/aromatic N) is 1. The van der Waals surface area contributed by atoms with Gasteiger partial charge in [0.25, 0.3) is 0 Å². The molecule has 7 aromatic rings. The van der Waals surface area contributed by atoms with E-state index in [4.69, 9.17) is 4.98 Å². The van der Waals surface area contributed by atoms with Crippen LogP contribution >= 0.6 is 7.14 Å². The monoisotopic (exact) mass is 808 g/mol. The number of aromatic nitrogens is 1. The van der Waals surface area contributed by atoms with Gasteiger partial charge in [-0.3, -0.25) is 4.98 Å². The maximum Gasteiger partial charge on any atom is 0.148 e. The molecular formula is C43H38IrNOP-2. The van der Waals surface area contributed by atoms with Crippen LogP contribution in [-0.4, -0.2) is 4.98 Å². The van der Waals surface area contributed by atoms with Crippen LogP contribution in [0, 0.1) is 31.9 Å². The van der Waals surface area contributed by atoms with Gasteiger partial charge < -0.3 is 4.57 Å². The molecule has 1 heterocycles. The summed E-state index contributed by atoms with van der Waals surface area (Å²) < 4.78 is 14.4. The molecule has 0 fully saturated rings. The molecule has 0 aliphatic carbocycles. The Morgan fingerprint density at radius 2 is 1.36 bits per heavy atom. The molecule has 0 bridgehead atoms.